The van der Waals surface area contributed by atoms with Crippen LogP contribution in [0.1, 0.15) is 41.7 Å². The van der Waals surface area contributed by atoms with E-state index >= 15 is 0 Å². The maximum Gasteiger partial charge on any atom is 0.257 e. The molecule has 0 saturated carbocycles. The third-order valence-electron chi connectivity index (χ3n) is 5.98. The quantitative estimate of drug-likeness (QED) is 0.312. The first-order chi connectivity index (χ1) is 18.4. The van der Waals surface area contributed by atoms with Crippen molar-refractivity contribution in [1.29, 1.82) is 0 Å². The Labute approximate surface area is 219 Å². The first kappa shape index (κ1) is 26.4. The number of methoxy groups -OCH3 is 2. The summed E-state index contributed by atoms with van der Waals surface area (Å²) in [6.07, 6.45) is 5.19. The van der Waals surface area contributed by atoms with Crippen LogP contribution in [0.25, 0.3) is 22.6 Å². The summed E-state index contributed by atoms with van der Waals surface area (Å²) in [6.45, 7) is 2.03. The van der Waals surface area contributed by atoms with Gasteiger partial charge in [0.1, 0.15) is 22.8 Å². The molecule has 38 heavy (non-hydrogen) atoms. The molecule has 11 nitrogen and oxygen atoms in total. The minimum atomic E-state index is -0.457. The zero-order valence-corrected chi connectivity index (χ0v) is 21.6. The third kappa shape index (κ3) is 5.22. The molecule has 0 radical (unpaired) electrons. The molecule has 198 valence electrons. The summed E-state index contributed by atoms with van der Waals surface area (Å²) in [5.41, 5.74) is 1.57. The molecule has 11 heteroatoms. The standard InChI is InChI=1S/C27H29N5O6/c1-5-6-10-17-21(22-18(36-3)11-7-12-19(22)37-4)24(33)23(25(34)29-17)26-31-30-20(38-26)15-32(2)27(35)16-9-8-13-28-14-16/h7-9,11-14H,5-6,10,15H2,1-4H3,(H2,29,33,34). The van der Waals surface area contributed by atoms with E-state index in [1.807, 2.05) is 6.92 Å². The van der Waals surface area contributed by atoms with Crippen LogP contribution in [-0.2, 0) is 13.0 Å². The number of rotatable bonds is 10. The largest absolute Gasteiger partial charge is 0.506 e. The number of aryl methyl sites for hydroxylation is 1. The smallest absolute Gasteiger partial charge is 0.257 e. The summed E-state index contributed by atoms with van der Waals surface area (Å²) in [6, 6.07) is 8.58. The van der Waals surface area contributed by atoms with Gasteiger partial charge in [-0.25, -0.2) is 4.98 Å². The van der Waals surface area contributed by atoms with Crippen LogP contribution in [0, 0.1) is 0 Å². The van der Waals surface area contributed by atoms with Crippen molar-refractivity contribution in [3.05, 3.63) is 59.9 Å². The summed E-state index contributed by atoms with van der Waals surface area (Å²) in [4.78, 5) is 22.4. The number of benzene rings is 1. The number of amides is 1. The zero-order chi connectivity index (χ0) is 27.2. The van der Waals surface area contributed by atoms with Gasteiger partial charge >= 0.3 is 0 Å². The van der Waals surface area contributed by atoms with Gasteiger partial charge in [0, 0.05) is 19.4 Å². The number of pyridine rings is 2. The van der Waals surface area contributed by atoms with Gasteiger partial charge in [0.25, 0.3) is 11.8 Å². The highest BCUT2D eigenvalue weighted by atomic mass is 16.5. The van der Waals surface area contributed by atoms with Gasteiger partial charge in [-0.1, -0.05) is 19.4 Å². The van der Waals surface area contributed by atoms with Crippen molar-refractivity contribution in [2.75, 3.05) is 21.3 Å². The first-order valence-electron chi connectivity index (χ1n) is 12.0. The van der Waals surface area contributed by atoms with E-state index in [4.69, 9.17) is 13.9 Å². The zero-order valence-electron chi connectivity index (χ0n) is 21.6. The maximum absolute atomic E-state index is 12.7. The van der Waals surface area contributed by atoms with Crippen molar-refractivity contribution < 1.29 is 28.9 Å². The van der Waals surface area contributed by atoms with Crippen LogP contribution < -0.4 is 9.47 Å². The number of hydrogen-bond donors (Lipinski definition) is 2. The number of hydrogen-bond acceptors (Lipinski definition) is 10. The normalized spacial score (nSPS) is 10.8. The van der Waals surface area contributed by atoms with Gasteiger partial charge in [0.15, 0.2) is 0 Å². The summed E-state index contributed by atoms with van der Waals surface area (Å²) >= 11 is 0. The van der Waals surface area contributed by atoms with Gasteiger partial charge in [0.05, 0.1) is 43.1 Å². The average Bonchev–Trinajstić information content (AvgIpc) is 3.39. The summed E-state index contributed by atoms with van der Waals surface area (Å²) < 4.78 is 16.9. The molecule has 3 aromatic heterocycles. The second-order valence-electron chi connectivity index (χ2n) is 8.53. The Morgan fingerprint density at radius 1 is 1.03 bits per heavy atom. The minimum Gasteiger partial charge on any atom is -0.506 e. The van der Waals surface area contributed by atoms with E-state index in [9.17, 15) is 15.0 Å². The van der Waals surface area contributed by atoms with Gasteiger partial charge in [-0.3, -0.25) is 9.78 Å². The fourth-order valence-electron chi connectivity index (χ4n) is 4.09. The number of nitrogens with zero attached hydrogens (tertiary/aromatic N) is 5. The van der Waals surface area contributed by atoms with Gasteiger partial charge in [-0.2, -0.15) is 0 Å². The fraction of sp³-hybridized carbons (Fsp3) is 0.296. The first-order valence-corrected chi connectivity index (χ1v) is 12.0. The lowest BCUT2D eigenvalue weighted by molar-refractivity contribution is 0.0772. The van der Waals surface area contributed by atoms with E-state index in [1.54, 1.807) is 43.6 Å². The highest BCUT2D eigenvalue weighted by Crippen LogP contribution is 2.49. The van der Waals surface area contributed by atoms with Crippen LogP contribution in [0.5, 0.6) is 23.1 Å². The highest BCUT2D eigenvalue weighted by Gasteiger charge is 2.29. The summed E-state index contributed by atoms with van der Waals surface area (Å²) in [5.74, 6) is -0.180. The van der Waals surface area contributed by atoms with Crippen LogP contribution in [-0.4, -0.2) is 62.5 Å². The molecular formula is C27H29N5O6. The summed E-state index contributed by atoms with van der Waals surface area (Å²) in [5, 5.41) is 30.4. The number of unbranched alkanes of at least 4 members (excludes halogenated alkanes) is 1. The van der Waals surface area contributed by atoms with Crippen molar-refractivity contribution in [2.24, 2.45) is 0 Å². The Balaban J connectivity index is 1.77. The van der Waals surface area contributed by atoms with Crippen LogP contribution in [0.2, 0.25) is 0 Å². The van der Waals surface area contributed by atoms with E-state index in [0.717, 1.165) is 12.8 Å². The van der Waals surface area contributed by atoms with Crippen molar-refractivity contribution in [1.82, 2.24) is 25.1 Å². The Kier molecular flexibility index (Phi) is 8.05. The van der Waals surface area contributed by atoms with E-state index < -0.39 is 5.88 Å². The third-order valence-corrected chi connectivity index (χ3v) is 5.98. The predicted molar refractivity (Wildman–Crippen MR) is 138 cm³/mol. The SMILES string of the molecule is CCCCc1nc(O)c(-c2nnc(CN(C)C(=O)c3cccnc3)o2)c(O)c1-c1c(OC)cccc1OC. The van der Waals surface area contributed by atoms with Crippen molar-refractivity contribution in [3.63, 3.8) is 0 Å². The molecule has 0 aliphatic heterocycles. The van der Waals surface area contributed by atoms with Gasteiger partial charge in [-0.15, -0.1) is 10.2 Å². The monoisotopic (exact) mass is 519 g/mol. The molecule has 4 rings (SSSR count). The Hall–Kier alpha value is -4.67. The second kappa shape index (κ2) is 11.6. The fourth-order valence-corrected chi connectivity index (χ4v) is 4.09. The minimum absolute atomic E-state index is 0.00253. The molecule has 0 atom stereocenters. The van der Waals surface area contributed by atoms with Crippen molar-refractivity contribution in [2.45, 2.75) is 32.7 Å². The van der Waals surface area contributed by atoms with Crippen LogP contribution >= 0.6 is 0 Å². The Morgan fingerprint density at radius 3 is 2.39 bits per heavy atom. The van der Waals surface area contributed by atoms with Crippen molar-refractivity contribution in [3.8, 4) is 45.7 Å². The van der Waals surface area contributed by atoms with Gasteiger partial charge in [-0.05, 0) is 37.1 Å². The number of aromatic nitrogens is 4. The lowest BCUT2D eigenvalue weighted by Crippen LogP contribution is -2.26. The predicted octanol–water partition coefficient (Wildman–Crippen LogP) is 4.24. The maximum atomic E-state index is 12.7. The molecule has 0 spiro atoms. The van der Waals surface area contributed by atoms with Crippen LogP contribution in [0.4, 0.5) is 0 Å². The van der Waals surface area contributed by atoms with Crippen molar-refractivity contribution >= 4 is 5.91 Å². The molecule has 1 amide bonds. The Bertz CT molecular complexity index is 1400. The van der Waals surface area contributed by atoms with Crippen LogP contribution in [0.3, 0.4) is 0 Å². The van der Waals surface area contributed by atoms with Crippen LogP contribution in [0.15, 0.2) is 47.1 Å². The molecule has 0 unspecified atom stereocenters. The molecule has 2 N–H and O–H groups in total. The number of aromatic hydroxyl groups is 2. The van der Waals surface area contributed by atoms with Gasteiger partial charge < -0.3 is 29.0 Å². The number of carbonyl (C=O) groups is 1. The Morgan fingerprint density at radius 2 is 1.76 bits per heavy atom. The number of carbonyl (C=O) groups excluding carboxylic acids is 1. The lowest BCUT2D eigenvalue weighted by Gasteiger charge is -2.19. The topological polar surface area (TPSA) is 144 Å². The van der Waals surface area contributed by atoms with E-state index in [0.29, 0.717) is 40.3 Å². The van der Waals surface area contributed by atoms with Gasteiger partial charge in [0.2, 0.25) is 11.8 Å². The average molecular weight is 520 g/mol. The molecule has 0 aliphatic carbocycles. The molecule has 4 aromatic rings. The summed E-state index contributed by atoms with van der Waals surface area (Å²) in [7, 11) is 4.62. The van der Waals surface area contributed by atoms with E-state index in [-0.39, 0.29) is 35.5 Å². The molecule has 3 heterocycles. The molecular weight excluding hydrogens is 490 g/mol. The van der Waals surface area contributed by atoms with E-state index in [1.165, 1.54) is 25.3 Å². The van der Waals surface area contributed by atoms with E-state index in [2.05, 4.69) is 20.2 Å². The molecule has 0 bridgehead atoms. The second-order valence-corrected chi connectivity index (χ2v) is 8.53. The lowest BCUT2D eigenvalue weighted by atomic mass is 9.95. The number of ether oxygens (including phenoxy) is 2. The molecule has 0 fully saturated rings. The highest BCUT2D eigenvalue weighted by molar-refractivity contribution is 5.93. The molecule has 1 aromatic carbocycles. The molecule has 0 saturated heterocycles. The molecule has 0 aliphatic rings.